The molecule has 134 valence electrons. The number of hydrogen-bond acceptors (Lipinski definition) is 3. The zero-order chi connectivity index (χ0) is 14.8. The molecule has 5 heteroatoms. The molecule has 1 aromatic heterocycles. The van der Waals surface area contributed by atoms with E-state index in [1.54, 1.807) is 5.56 Å². The second-order valence-electron chi connectivity index (χ2n) is 6.82. The highest BCUT2D eigenvalue weighted by molar-refractivity contribution is 7.17. The summed E-state index contributed by atoms with van der Waals surface area (Å²) < 4.78 is 1.45. The summed E-state index contributed by atoms with van der Waals surface area (Å²) in [6, 6.07) is 9.62. The van der Waals surface area contributed by atoms with E-state index in [2.05, 4.69) is 39.9 Å². The first-order valence-corrected chi connectivity index (χ1v) is 9.72. The number of halogens is 2. The van der Waals surface area contributed by atoms with Crippen molar-refractivity contribution in [3.63, 3.8) is 0 Å². The van der Waals surface area contributed by atoms with Gasteiger partial charge in [-0.25, -0.2) is 0 Å². The van der Waals surface area contributed by atoms with Crippen LogP contribution in [0.5, 0.6) is 0 Å². The summed E-state index contributed by atoms with van der Waals surface area (Å²) in [4.78, 5) is 2.76. The smallest absolute Gasteiger partial charge is 0.0391 e. The van der Waals surface area contributed by atoms with Crippen LogP contribution in [-0.2, 0) is 0 Å². The minimum Gasteiger partial charge on any atom is -0.314 e. The van der Waals surface area contributed by atoms with Crippen molar-refractivity contribution in [3.8, 4) is 0 Å². The molecule has 2 aromatic rings. The summed E-state index contributed by atoms with van der Waals surface area (Å²) in [7, 11) is 0. The minimum absolute atomic E-state index is 0. The summed E-state index contributed by atoms with van der Waals surface area (Å²) in [5.74, 6) is 0.852. The largest absolute Gasteiger partial charge is 0.314 e. The van der Waals surface area contributed by atoms with Crippen LogP contribution >= 0.6 is 36.2 Å². The van der Waals surface area contributed by atoms with Gasteiger partial charge < -0.3 is 5.32 Å². The van der Waals surface area contributed by atoms with Crippen molar-refractivity contribution in [2.75, 3.05) is 26.2 Å². The van der Waals surface area contributed by atoms with E-state index in [1.165, 1.54) is 55.3 Å². The molecule has 4 rings (SSSR count). The van der Waals surface area contributed by atoms with Crippen LogP contribution < -0.4 is 5.32 Å². The van der Waals surface area contributed by atoms with Gasteiger partial charge in [0.15, 0.2) is 0 Å². The van der Waals surface area contributed by atoms with Crippen LogP contribution in [0.25, 0.3) is 10.1 Å². The lowest BCUT2D eigenvalue weighted by Crippen LogP contribution is -2.47. The summed E-state index contributed by atoms with van der Waals surface area (Å²) >= 11 is 1.93. The van der Waals surface area contributed by atoms with E-state index in [0.29, 0.717) is 6.04 Å². The van der Waals surface area contributed by atoms with Crippen LogP contribution in [0.2, 0.25) is 0 Å². The van der Waals surface area contributed by atoms with Crippen LogP contribution in [0.3, 0.4) is 0 Å². The molecule has 2 aliphatic rings. The van der Waals surface area contributed by atoms with Crippen LogP contribution in [-0.4, -0.2) is 31.1 Å². The predicted octanol–water partition coefficient (Wildman–Crippen LogP) is 5.27. The van der Waals surface area contributed by atoms with Crippen molar-refractivity contribution in [2.24, 2.45) is 5.92 Å². The van der Waals surface area contributed by atoms with Crippen molar-refractivity contribution >= 4 is 46.2 Å². The van der Waals surface area contributed by atoms with E-state index in [4.69, 9.17) is 0 Å². The van der Waals surface area contributed by atoms with E-state index in [-0.39, 0.29) is 24.8 Å². The molecule has 2 heterocycles. The number of fused-ring (bicyclic) bond motifs is 1. The molecule has 1 saturated heterocycles. The fraction of sp³-hybridized carbons (Fsp3) is 0.579. The first-order chi connectivity index (χ1) is 10.9. The third kappa shape index (κ3) is 4.08. The lowest BCUT2D eigenvalue weighted by atomic mass is 9.80. The lowest BCUT2D eigenvalue weighted by molar-refractivity contribution is 0.104. The van der Waals surface area contributed by atoms with Crippen LogP contribution in [0.1, 0.15) is 43.7 Å². The summed E-state index contributed by atoms with van der Waals surface area (Å²) in [6.07, 6.45) is 7.12. The summed E-state index contributed by atoms with van der Waals surface area (Å²) in [5.41, 5.74) is 1.61. The molecule has 2 nitrogen and oxygen atoms in total. The van der Waals surface area contributed by atoms with Crippen molar-refractivity contribution in [2.45, 2.75) is 38.1 Å². The number of rotatable bonds is 3. The maximum atomic E-state index is 3.52. The number of hydrogen-bond donors (Lipinski definition) is 1. The van der Waals surface area contributed by atoms with Gasteiger partial charge in [-0.2, -0.15) is 0 Å². The Labute approximate surface area is 161 Å². The molecule has 1 N–H and O–H groups in total. The van der Waals surface area contributed by atoms with Gasteiger partial charge in [0.25, 0.3) is 0 Å². The number of nitrogens with zero attached hydrogens (tertiary/aromatic N) is 1. The van der Waals surface area contributed by atoms with Crippen LogP contribution in [0, 0.1) is 5.92 Å². The molecule has 0 radical (unpaired) electrons. The van der Waals surface area contributed by atoms with Gasteiger partial charge in [-0.1, -0.05) is 37.5 Å². The van der Waals surface area contributed by atoms with Gasteiger partial charge in [-0.3, -0.25) is 4.90 Å². The van der Waals surface area contributed by atoms with Crippen LogP contribution in [0.15, 0.2) is 29.6 Å². The molecule has 1 saturated carbocycles. The molecule has 2 fully saturated rings. The van der Waals surface area contributed by atoms with E-state index < -0.39 is 0 Å². The van der Waals surface area contributed by atoms with Crippen molar-refractivity contribution in [1.29, 1.82) is 0 Å². The molecule has 1 aliphatic heterocycles. The van der Waals surface area contributed by atoms with Crippen molar-refractivity contribution in [1.82, 2.24) is 10.2 Å². The van der Waals surface area contributed by atoms with Gasteiger partial charge >= 0.3 is 0 Å². The zero-order valence-corrected chi connectivity index (χ0v) is 16.5. The van der Waals surface area contributed by atoms with Gasteiger partial charge in [0, 0.05) is 36.9 Å². The first kappa shape index (κ1) is 20.0. The molecular weight excluding hydrogens is 359 g/mol. The van der Waals surface area contributed by atoms with Gasteiger partial charge in [-0.05, 0) is 41.2 Å². The second kappa shape index (κ2) is 9.40. The second-order valence-corrected chi connectivity index (χ2v) is 7.73. The lowest BCUT2D eigenvalue weighted by Gasteiger charge is -2.41. The Morgan fingerprint density at radius 2 is 1.71 bits per heavy atom. The Balaban J connectivity index is 0.00000104. The fourth-order valence-electron chi connectivity index (χ4n) is 4.39. The molecule has 0 spiro atoms. The molecule has 0 unspecified atom stereocenters. The van der Waals surface area contributed by atoms with Crippen molar-refractivity contribution < 1.29 is 0 Å². The van der Waals surface area contributed by atoms with E-state index in [9.17, 15) is 0 Å². The van der Waals surface area contributed by atoms with Crippen LogP contribution in [0.4, 0.5) is 0 Å². The standard InChI is InChI=1S/C19H26N2S.2ClH/c1-2-6-15(7-3-1)19(21-12-10-20-11-13-21)17-14-22-18-9-5-4-8-16(17)18;;/h4-5,8-9,14-15,19-20H,1-3,6-7,10-13H2;2*1H/t19-;;/m1../s1. The third-order valence-corrected chi connectivity index (χ3v) is 6.45. The molecule has 1 aromatic carbocycles. The molecular formula is C19H28Cl2N2S. The summed E-state index contributed by atoms with van der Waals surface area (Å²) in [6.45, 7) is 4.69. The number of nitrogens with one attached hydrogen (secondary N) is 1. The normalized spacial score (nSPS) is 21.0. The maximum absolute atomic E-state index is 3.52. The average Bonchev–Trinajstić information content (AvgIpc) is 3.01. The van der Waals surface area contributed by atoms with Crippen molar-refractivity contribution in [3.05, 3.63) is 35.2 Å². The van der Waals surface area contributed by atoms with E-state index in [0.717, 1.165) is 19.0 Å². The maximum Gasteiger partial charge on any atom is 0.0391 e. The first-order valence-electron chi connectivity index (χ1n) is 8.84. The molecule has 1 aliphatic carbocycles. The fourth-order valence-corrected chi connectivity index (χ4v) is 5.38. The molecule has 1 atom stereocenters. The Morgan fingerprint density at radius 1 is 1.00 bits per heavy atom. The quantitative estimate of drug-likeness (QED) is 0.772. The molecule has 0 bridgehead atoms. The topological polar surface area (TPSA) is 15.3 Å². The van der Waals surface area contributed by atoms with E-state index >= 15 is 0 Å². The Kier molecular flexibility index (Phi) is 7.83. The number of thiophene rings is 1. The van der Waals surface area contributed by atoms with Gasteiger partial charge in [0.2, 0.25) is 0 Å². The van der Waals surface area contributed by atoms with E-state index in [1.807, 2.05) is 11.3 Å². The minimum atomic E-state index is 0. The number of piperazine rings is 1. The van der Waals surface area contributed by atoms with Gasteiger partial charge in [0.05, 0.1) is 0 Å². The highest BCUT2D eigenvalue weighted by Crippen LogP contribution is 2.42. The SMILES string of the molecule is Cl.Cl.c1ccc2c([C@@H](C3CCCCC3)N3CCNCC3)csc2c1. The average molecular weight is 387 g/mol. The monoisotopic (exact) mass is 386 g/mol. The van der Waals surface area contributed by atoms with Gasteiger partial charge in [0.1, 0.15) is 0 Å². The Morgan fingerprint density at radius 3 is 2.46 bits per heavy atom. The zero-order valence-electron chi connectivity index (χ0n) is 14.1. The predicted molar refractivity (Wildman–Crippen MR) is 110 cm³/mol. The highest BCUT2D eigenvalue weighted by atomic mass is 35.5. The third-order valence-electron chi connectivity index (χ3n) is 5.47. The molecule has 0 amide bonds. The summed E-state index contributed by atoms with van der Waals surface area (Å²) in [5, 5.41) is 7.47. The Bertz CT molecular complexity index is 601. The Hall–Kier alpha value is -0.320. The number of benzene rings is 1. The molecule has 24 heavy (non-hydrogen) atoms. The van der Waals surface area contributed by atoms with Gasteiger partial charge in [-0.15, -0.1) is 36.2 Å². The highest BCUT2D eigenvalue weighted by Gasteiger charge is 2.32.